The van der Waals surface area contributed by atoms with E-state index in [2.05, 4.69) is 28.6 Å². The van der Waals surface area contributed by atoms with E-state index in [0.29, 0.717) is 19.1 Å². The molecule has 0 spiro atoms. The second-order valence-corrected chi connectivity index (χ2v) is 7.20. The second-order valence-electron chi connectivity index (χ2n) is 5.47. The molecule has 0 radical (unpaired) electrons. The van der Waals surface area contributed by atoms with Crippen molar-refractivity contribution in [3.05, 3.63) is 6.20 Å². The number of nitrogens with one attached hydrogen (secondary N) is 1. The zero-order valence-electron chi connectivity index (χ0n) is 13.3. The van der Waals surface area contributed by atoms with E-state index >= 15 is 0 Å². The minimum absolute atomic E-state index is 0.0512. The summed E-state index contributed by atoms with van der Waals surface area (Å²) in [7, 11) is -1.56. The first kappa shape index (κ1) is 17.9. The maximum atomic E-state index is 12.2. The van der Waals surface area contributed by atoms with E-state index in [4.69, 9.17) is 5.73 Å². The Labute approximate surface area is 127 Å². The monoisotopic (exact) mass is 317 g/mol. The number of sulfonamides is 1. The average molecular weight is 317 g/mol. The number of hydrogen-bond donors (Lipinski definition) is 2. The highest BCUT2D eigenvalue weighted by Gasteiger charge is 2.20. The van der Waals surface area contributed by atoms with Gasteiger partial charge in [0.2, 0.25) is 10.0 Å². The number of nitrogen functional groups attached to an aromatic ring is 1. The predicted molar refractivity (Wildman–Crippen MR) is 84.5 cm³/mol. The third kappa shape index (κ3) is 5.29. The van der Waals surface area contributed by atoms with E-state index in [1.807, 2.05) is 14.0 Å². The number of aryl methyl sites for hydroxylation is 1. The summed E-state index contributed by atoms with van der Waals surface area (Å²) in [6.07, 6.45) is 3.11. The molecule has 0 atom stereocenters. The first-order chi connectivity index (χ1) is 9.77. The van der Waals surface area contributed by atoms with Gasteiger partial charge >= 0.3 is 0 Å². The zero-order chi connectivity index (χ0) is 16.0. The maximum Gasteiger partial charge on any atom is 0.245 e. The summed E-state index contributed by atoms with van der Waals surface area (Å²) in [6.45, 7) is 8.08. The van der Waals surface area contributed by atoms with Crippen molar-refractivity contribution in [2.75, 3.05) is 25.9 Å². The molecule has 1 heterocycles. The maximum absolute atomic E-state index is 12.2. The zero-order valence-corrected chi connectivity index (χ0v) is 14.2. The Morgan fingerprint density at radius 3 is 2.71 bits per heavy atom. The van der Waals surface area contributed by atoms with Gasteiger partial charge in [0.15, 0.2) is 5.82 Å². The number of nitrogens with two attached hydrogens (primary N) is 1. The van der Waals surface area contributed by atoms with Gasteiger partial charge in [-0.1, -0.05) is 6.92 Å². The van der Waals surface area contributed by atoms with E-state index in [1.165, 1.54) is 6.20 Å². The van der Waals surface area contributed by atoms with Crippen LogP contribution >= 0.6 is 0 Å². The van der Waals surface area contributed by atoms with Gasteiger partial charge in [0.05, 0.1) is 0 Å². The minimum atomic E-state index is -3.58. The van der Waals surface area contributed by atoms with E-state index in [-0.39, 0.29) is 10.7 Å². The van der Waals surface area contributed by atoms with Crippen LogP contribution in [0.5, 0.6) is 0 Å². The Bertz CT molecular complexity index is 539. The molecule has 0 saturated carbocycles. The molecule has 0 fully saturated rings. The Morgan fingerprint density at radius 2 is 2.14 bits per heavy atom. The highest BCUT2D eigenvalue weighted by molar-refractivity contribution is 7.89. The van der Waals surface area contributed by atoms with Crippen LogP contribution < -0.4 is 10.5 Å². The van der Waals surface area contributed by atoms with Crippen LogP contribution in [0, 0.1) is 0 Å². The lowest BCUT2D eigenvalue weighted by Crippen LogP contribution is -2.31. The topological polar surface area (TPSA) is 93.2 Å². The fraction of sp³-hybridized carbons (Fsp3) is 0.769. The SMILES string of the molecule is CCCn1cc(S(=O)(=O)NCCCN(C)C(C)C)c(N)n1. The van der Waals surface area contributed by atoms with Crippen LogP contribution in [0.25, 0.3) is 0 Å². The largest absolute Gasteiger partial charge is 0.381 e. The molecule has 0 aromatic carbocycles. The van der Waals surface area contributed by atoms with E-state index in [0.717, 1.165) is 19.4 Å². The molecule has 0 aliphatic rings. The van der Waals surface area contributed by atoms with Crippen LogP contribution in [-0.4, -0.2) is 49.3 Å². The fourth-order valence-corrected chi connectivity index (χ4v) is 2.98. The predicted octanol–water partition coefficient (Wildman–Crippen LogP) is 0.884. The van der Waals surface area contributed by atoms with Crippen molar-refractivity contribution in [2.24, 2.45) is 0 Å². The van der Waals surface area contributed by atoms with Crippen molar-refractivity contribution in [1.29, 1.82) is 0 Å². The Hall–Kier alpha value is -1.12. The molecule has 1 aromatic heterocycles. The number of hydrogen-bond acceptors (Lipinski definition) is 5. The smallest absolute Gasteiger partial charge is 0.245 e. The Balaban J connectivity index is 2.57. The average Bonchev–Trinajstić information content (AvgIpc) is 2.76. The molecule has 1 aromatic rings. The number of rotatable bonds is 9. The molecule has 0 unspecified atom stereocenters. The molecule has 0 saturated heterocycles. The summed E-state index contributed by atoms with van der Waals surface area (Å²) in [4.78, 5) is 2.23. The van der Waals surface area contributed by atoms with Crippen molar-refractivity contribution in [3.63, 3.8) is 0 Å². The molecular weight excluding hydrogens is 290 g/mol. The summed E-state index contributed by atoms with van der Waals surface area (Å²) in [6, 6.07) is 0.449. The Morgan fingerprint density at radius 1 is 1.48 bits per heavy atom. The molecule has 122 valence electrons. The van der Waals surface area contributed by atoms with Crippen molar-refractivity contribution in [3.8, 4) is 0 Å². The molecule has 0 aliphatic carbocycles. The van der Waals surface area contributed by atoms with Crippen LogP contribution in [0.3, 0.4) is 0 Å². The summed E-state index contributed by atoms with van der Waals surface area (Å²) >= 11 is 0. The van der Waals surface area contributed by atoms with Crippen molar-refractivity contribution < 1.29 is 8.42 Å². The van der Waals surface area contributed by atoms with E-state index in [9.17, 15) is 8.42 Å². The molecule has 0 amide bonds. The lowest BCUT2D eigenvalue weighted by molar-refractivity contribution is 0.271. The normalized spacial score (nSPS) is 12.5. The fourth-order valence-electron chi connectivity index (χ4n) is 1.84. The standard InChI is InChI=1S/C13H27N5O2S/c1-5-8-18-10-12(13(14)16-18)21(19,20)15-7-6-9-17(4)11(2)3/h10-11,15H,5-9H2,1-4H3,(H2,14,16). The highest BCUT2D eigenvalue weighted by Crippen LogP contribution is 2.16. The van der Waals surface area contributed by atoms with Gasteiger partial charge < -0.3 is 10.6 Å². The van der Waals surface area contributed by atoms with Crippen LogP contribution in [0.15, 0.2) is 11.1 Å². The molecule has 1 rings (SSSR count). The molecule has 0 bridgehead atoms. The highest BCUT2D eigenvalue weighted by atomic mass is 32.2. The van der Waals surface area contributed by atoms with Gasteiger partial charge in [-0.2, -0.15) is 5.10 Å². The van der Waals surface area contributed by atoms with Gasteiger partial charge in [0, 0.05) is 25.3 Å². The molecule has 21 heavy (non-hydrogen) atoms. The molecule has 3 N–H and O–H groups in total. The van der Waals surface area contributed by atoms with E-state index in [1.54, 1.807) is 4.68 Å². The molecule has 7 nitrogen and oxygen atoms in total. The van der Waals surface area contributed by atoms with Crippen molar-refractivity contribution >= 4 is 15.8 Å². The lowest BCUT2D eigenvalue weighted by Gasteiger charge is -2.20. The van der Waals surface area contributed by atoms with Crippen molar-refractivity contribution in [2.45, 2.75) is 51.1 Å². The molecule has 0 aliphatic heterocycles. The van der Waals surface area contributed by atoms with E-state index < -0.39 is 10.0 Å². The van der Waals surface area contributed by atoms with Gasteiger partial charge in [-0.05, 0) is 40.3 Å². The van der Waals surface area contributed by atoms with Crippen LogP contribution in [-0.2, 0) is 16.6 Å². The van der Waals surface area contributed by atoms with Gasteiger partial charge in [0.25, 0.3) is 0 Å². The van der Waals surface area contributed by atoms with Crippen LogP contribution in [0.4, 0.5) is 5.82 Å². The second kappa shape index (κ2) is 7.77. The van der Waals surface area contributed by atoms with Gasteiger partial charge in [-0.15, -0.1) is 0 Å². The van der Waals surface area contributed by atoms with Gasteiger partial charge in [-0.25, -0.2) is 13.1 Å². The Kier molecular flexibility index (Phi) is 6.63. The molecular formula is C13H27N5O2S. The van der Waals surface area contributed by atoms with Gasteiger partial charge in [0.1, 0.15) is 4.90 Å². The number of aromatic nitrogens is 2. The summed E-state index contributed by atoms with van der Waals surface area (Å²) in [5.74, 6) is 0.0512. The first-order valence-corrected chi connectivity index (χ1v) is 8.79. The van der Waals surface area contributed by atoms with Crippen molar-refractivity contribution in [1.82, 2.24) is 19.4 Å². The minimum Gasteiger partial charge on any atom is -0.381 e. The quantitative estimate of drug-likeness (QED) is 0.660. The third-order valence-electron chi connectivity index (χ3n) is 3.36. The van der Waals surface area contributed by atoms with Crippen LogP contribution in [0.1, 0.15) is 33.6 Å². The number of nitrogens with zero attached hydrogens (tertiary/aromatic N) is 3. The third-order valence-corrected chi connectivity index (χ3v) is 4.84. The lowest BCUT2D eigenvalue weighted by atomic mass is 10.3. The summed E-state index contributed by atoms with van der Waals surface area (Å²) in [5.41, 5.74) is 5.69. The molecule has 8 heteroatoms. The summed E-state index contributed by atoms with van der Waals surface area (Å²) < 4.78 is 28.5. The van der Waals surface area contributed by atoms with Crippen LogP contribution in [0.2, 0.25) is 0 Å². The summed E-state index contributed by atoms with van der Waals surface area (Å²) in [5, 5.41) is 4.01. The number of anilines is 1. The van der Waals surface area contributed by atoms with Gasteiger partial charge in [-0.3, -0.25) is 4.68 Å². The first-order valence-electron chi connectivity index (χ1n) is 7.30.